The molecule has 24 heavy (non-hydrogen) atoms. The molecule has 0 saturated carbocycles. The van der Waals surface area contributed by atoms with Gasteiger partial charge in [-0.05, 0) is 36.9 Å². The summed E-state index contributed by atoms with van der Waals surface area (Å²) in [7, 11) is 0. The summed E-state index contributed by atoms with van der Waals surface area (Å²) in [6.45, 7) is 3.34. The Hall–Kier alpha value is -2.41. The van der Waals surface area contributed by atoms with Crippen LogP contribution in [0.15, 0.2) is 42.0 Å². The van der Waals surface area contributed by atoms with Crippen molar-refractivity contribution < 1.29 is 9.59 Å². The maximum atomic E-state index is 12.3. The highest BCUT2D eigenvalue weighted by Gasteiger charge is 2.26. The molecule has 0 spiro atoms. The van der Waals surface area contributed by atoms with Crippen LogP contribution in [0.5, 0.6) is 0 Å². The Morgan fingerprint density at radius 2 is 2.25 bits per heavy atom. The van der Waals surface area contributed by atoms with Crippen molar-refractivity contribution in [3.05, 3.63) is 46.9 Å². The summed E-state index contributed by atoms with van der Waals surface area (Å²) in [5.41, 5.74) is 1.06. The molecule has 2 aromatic rings. The van der Waals surface area contributed by atoms with E-state index in [9.17, 15) is 9.59 Å². The lowest BCUT2D eigenvalue weighted by atomic mass is 10.2. The molecule has 1 aliphatic heterocycles. The molecule has 3 heterocycles. The van der Waals surface area contributed by atoms with E-state index in [0.29, 0.717) is 4.88 Å². The number of aromatic nitrogens is 1. The monoisotopic (exact) mass is 344 g/mol. The average molecular weight is 344 g/mol. The lowest BCUT2D eigenvalue weighted by Crippen LogP contribution is -2.48. The van der Waals surface area contributed by atoms with Gasteiger partial charge in [-0.25, -0.2) is 0 Å². The molecule has 0 unspecified atom stereocenters. The molecule has 2 N–H and O–H groups in total. The molecule has 0 bridgehead atoms. The second-order valence-corrected chi connectivity index (χ2v) is 6.77. The Morgan fingerprint density at radius 1 is 1.38 bits per heavy atom. The van der Waals surface area contributed by atoms with Crippen molar-refractivity contribution in [3.8, 4) is 0 Å². The number of rotatable bonds is 5. The second kappa shape index (κ2) is 7.44. The van der Waals surface area contributed by atoms with E-state index in [0.717, 1.165) is 25.2 Å². The van der Waals surface area contributed by atoms with Gasteiger partial charge in [0.1, 0.15) is 6.04 Å². The van der Waals surface area contributed by atoms with Crippen LogP contribution in [0.25, 0.3) is 0 Å². The summed E-state index contributed by atoms with van der Waals surface area (Å²) in [6, 6.07) is 7.00. The second-order valence-electron chi connectivity index (χ2n) is 5.82. The minimum absolute atomic E-state index is 0.0822. The van der Waals surface area contributed by atoms with Crippen LogP contribution in [0.3, 0.4) is 0 Å². The van der Waals surface area contributed by atoms with Crippen molar-refractivity contribution in [3.63, 3.8) is 0 Å². The fraction of sp³-hybridized carbons (Fsp3) is 0.353. The van der Waals surface area contributed by atoms with E-state index in [1.165, 1.54) is 11.3 Å². The molecule has 3 rings (SSSR count). The number of carbonyl (C=O) groups is 2. The van der Waals surface area contributed by atoms with Gasteiger partial charge in [-0.1, -0.05) is 6.07 Å². The van der Waals surface area contributed by atoms with E-state index in [4.69, 9.17) is 0 Å². The molecule has 7 heteroatoms. The SMILES string of the molecule is C[C@@H](NC(=O)c1cccs1)C(=O)N[C@@H]1CCN(c2cccnc2)C1. The minimum atomic E-state index is -0.563. The molecule has 6 nitrogen and oxygen atoms in total. The van der Waals surface area contributed by atoms with Gasteiger partial charge in [0.15, 0.2) is 0 Å². The standard InChI is InChI=1S/C17H20N4O2S/c1-12(19-17(23)15-5-3-9-24-15)16(22)20-13-6-8-21(11-13)14-4-2-7-18-10-14/h2-5,7,9-10,12-13H,6,8,11H2,1H3,(H,19,23)(H,20,22)/t12-,13-/m1/s1. The number of carbonyl (C=O) groups excluding carboxylic acids is 2. The van der Waals surface area contributed by atoms with Gasteiger partial charge in [-0.2, -0.15) is 0 Å². The number of nitrogens with one attached hydrogen (secondary N) is 2. The molecule has 0 aliphatic carbocycles. The van der Waals surface area contributed by atoms with Crippen molar-refractivity contribution >= 4 is 28.8 Å². The maximum absolute atomic E-state index is 12.3. The van der Waals surface area contributed by atoms with Gasteiger partial charge in [-0.3, -0.25) is 14.6 Å². The molecule has 0 aromatic carbocycles. The third kappa shape index (κ3) is 3.91. The zero-order valence-corrected chi connectivity index (χ0v) is 14.3. The highest BCUT2D eigenvalue weighted by Crippen LogP contribution is 2.18. The van der Waals surface area contributed by atoms with Crippen LogP contribution in [0.1, 0.15) is 23.0 Å². The van der Waals surface area contributed by atoms with Crippen LogP contribution in [-0.4, -0.2) is 42.0 Å². The molecule has 2 aromatic heterocycles. The van der Waals surface area contributed by atoms with E-state index >= 15 is 0 Å². The fourth-order valence-electron chi connectivity index (χ4n) is 2.72. The van der Waals surface area contributed by atoms with Crippen LogP contribution in [0.2, 0.25) is 0 Å². The number of thiophene rings is 1. The minimum Gasteiger partial charge on any atom is -0.368 e. The summed E-state index contributed by atoms with van der Waals surface area (Å²) in [6.07, 6.45) is 4.46. The number of hydrogen-bond donors (Lipinski definition) is 2. The van der Waals surface area contributed by atoms with Crippen LogP contribution in [0, 0.1) is 0 Å². The number of hydrogen-bond acceptors (Lipinski definition) is 5. The molecular formula is C17H20N4O2S. The molecule has 1 saturated heterocycles. The van der Waals surface area contributed by atoms with Crippen LogP contribution >= 0.6 is 11.3 Å². The molecular weight excluding hydrogens is 324 g/mol. The third-order valence-corrected chi connectivity index (χ3v) is 4.90. The molecule has 2 atom stereocenters. The van der Waals surface area contributed by atoms with Gasteiger partial charge in [0.25, 0.3) is 5.91 Å². The fourth-order valence-corrected chi connectivity index (χ4v) is 3.35. The van der Waals surface area contributed by atoms with Gasteiger partial charge in [0.05, 0.1) is 16.8 Å². The van der Waals surface area contributed by atoms with Crippen molar-refractivity contribution in [1.29, 1.82) is 0 Å². The summed E-state index contributed by atoms with van der Waals surface area (Å²) in [5.74, 6) is -0.367. The number of amides is 2. The number of pyridine rings is 1. The van der Waals surface area contributed by atoms with E-state index in [1.807, 2.05) is 29.8 Å². The quantitative estimate of drug-likeness (QED) is 0.865. The van der Waals surface area contributed by atoms with Crippen LogP contribution in [-0.2, 0) is 4.79 Å². The first kappa shape index (κ1) is 16.4. The molecule has 2 amide bonds. The van der Waals surface area contributed by atoms with Gasteiger partial charge in [0.2, 0.25) is 5.91 Å². The van der Waals surface area contributed by atoms with E-state index in [-0.39, 0.29) is 17.9 Å². The zero-order valence-electron chi connectivity index (χ0n) is 13.4. The molecule has 1 aliphatic rings. The first-order chi connectivity index (χ1) is 11.6. The topological polar surface area (TPSA) is 74.3 Å². The highest BCUT2D eigenvalue weighted by molar-refractivity contribution is 7.12. The molecule has 0 radical (unpaired) electrons. The number of anilines is 1. The van der Waals surface area contributed by atoms with Crippen LogP contribution in [0.4, 0.5) is 5.69 Å². The van der Waals surface area contributed by atoms with Crippen LogP contribution < -0.4 is 15.5 Å². The van der Waals surface area contributed by atoms with Crippen molar-refractivity contribution in [1.82, 2.24) is 15.6 Å². The summed E-state index contributed by atoms with van der Waals surface area (Å²) >= 11 is 1.36. The van der Waals surface area contributed by atoms with E-state index < -0.39 is 6.04 Å². The Kier molecular flexibility index (Phi) is 5.10. The summed E-state index contributed by atoms with van der Waals surface area (Å²) in [5, 5.41) is 7.59. The lowest BCUT2D eigenvalue weighted by molar-refractivity contribution is -0.123. The summed E-state index contributed by atoms with van der Waals surface area (Å²) < 4.78 is 0. The normalized spacial score (nSPS) is 18.2. The van der Waals surface area contributed by atoms with Gasteiger partial charge in [0, 0.05) is 25.3 Å². The third-order valence-electron chi connectivity index (χ3n) is 4.03. The predicted octanol–water partition coefficient (Wildman–Crippen LogP) is 1.66. The molecule has 1 fully saturated rings. The Bertz CT molecular complexity index is 690. The lowest BCUT2D eigenvalue weighted by Gasteiger charge is -2.20. The number of nitrogens with zero attached hydrogens (tertiary/aromatic N) is 2. The smallest absolute Gasteiger partial charge is 0.261 e. The Labute approximate surface area is 144 Å². The Morgan fingerprint density at radius 3 is 2.96 bits per heavy atom. The average Bonchev–Trinajstić information content (AvgIpc) is 3.27. The van der Waals surface area contributed by atoms with E-state index in [1.54, 1.807) is 19.2 Å². The van der Waals surface area contributed by atoms with Crippen molar-refractivity contribution in [2.45, 2.75) is 25.4 Å². The first-order valence-corrected chi connectivity index (χ1v) is 8.81. The molecule has 126 valence electrons. The van der Waals surface area contributed by atoms with E-state index in [2.05, 4.69) is 20.5 Å². The summed E-state index contributed by atoms with van der Waals surface area (Å²) in [4.78, 5) is 31.2. The zero-order chi connectivity index (χ0) is 16.9. The van der Waals surface area contributed by atoms with Gasteiger partial charge < -0.3 is 15.5 Å². The first-order valence-electron chi connectivity index (χ1n) is 7.93. The van der Waals surface area contributed by atoms with Crippen molar-refractivity contribution in [2.24, 2.45) is 0 Å². The highest BCUT2D eigenvalue weighted by atomic mass is 32.1. The maximum Gasteiger partial charge on any atom is 0.261 e. The van der Waals surface area contributed by atoms with Crippen molar-refractivity contribution in [2.75, 3.05) is 18.0 Å². The van der Waals surface area contributed by atoms with Gasteiger partial charge in [-0.15, -0.1) is 11.3 Å². The predicted molar refractivity (Wildman–Crippen MR) is 94.2 cm³/mol. The van der Waals surface area contributed by atoms with Gasteiger partial charge >= 0.3 is 0 Å². The largest absolute Gasteiger partial charge is 0.368 e. The Balaban J connectivity index is 1.49.